The molecule has 0 aromatic carbocycles. The molecule has 7 heavy (non-hydrogen) atoms. The Hall–Kier alpha value is -1.13. The molecule has 0 aliphatic carbocycles. The quantitative estimate of drug-likeness (QED) is 0.285. The molecular formula is C2H4N2O3. The number of hydrogen-bond donors (Lipinski definition) is 0. The molecule has 5 heteroatoms. The number of rotatable bonds is 2. The summed E-state index contributed by atoms with van der Waals surface area (Å²) in [6.45, 7) is 1.52. The second-order valence-electron chi connectivity index (χ2n) is 0.669. The Balaban J connectivity index is 3.14. The summed E-state index contributed by atoms with van der Waals surface area (Å²) in [6, 6.07) is 0. The van der Waals surface area contributed by atoms with Crippen molar-refractivity contribution in [2.45, 2.75) is 6.92 Å². The van der Waals surface area contributed by atoms with E-state index < -0.39 is 5.09 Å². The molecule has 0 aliphatic heterocycles. The number of hydrogen-bond acceptors (Lipinski definition) is 4. The average Bonchev–Trinajstić information content (AvgIpc) is 1.61. The zero-order chi connectivity index (χ0) is 5.70. The van der Waals surface area contributed by atoms with E-state index in [2.05, 4.69) is 10.1 Å². The summed E-state index contributed by atoms with van der Waals surface area (Å²) in [6.07, 6.45) is 1.18. The second kappa shape index (κ2) is 3.08. The van der Waals surface area contributed by atoms with Gasteiger partial charge in [-0.25, -0.2) is 10.1 Å². The van der Waals surface area contributed by atoms with Gasteiger partial charge in [-0.05, 0) is 6.92 Å². The smallest absolute Gasteiger partial charge is 0.172 e. The van der Waals surface area contributed by atoms with E-state index in [1.807, 2.05) is 0 Å². The predicted octanol–water partition coefficient (Wildman–Crippen LogP) is 0.200. The Morgan fingerprint density at radius 2 is 2.57 bits per heavy atom. The van der Waals surface area contributed by atoms with E-state index in [1.54, 1.807) is 0 Å². The first-order chi connectivity index (χ1) is 3.27. The molecule has 0 aromatic heterocycles. The van der Waals surface area contributed by atoms with Crippen LogP contribution in [-0.4, -0.2) is 11.3 Å². The van der Waals surface area contributed by atoms with Gasteiger partial charge >= 0.3 is 0 Å². The SMILES string of the molecule is CC=NO[N+](=O)[O-]. The lowest BCUT2D eigenvalue weighted by molar-refractivity contribution is -0.759. The molecule has 0 N–H and O–H groups in total. The zero-order valence-electron chi connectivity index (χ0n) is 3.70. The maximum atomic E-state index is 9.23. The largest absolute Gasteiger partial charge is 0.218 e. The highest BCUT2D eigenvalue weighted by molar-refractivity contribution is 5.51. The van der Waals surface area contributed by atoms with Gasteiger partial charge in [0, 0.05) is 0 Å². The van der Waals surface area contributed by atoms with E-state index in [9.17, 15) is 10.1 Å². The van der Waals surface area contributed by atoms with Crippen molar-refractivity contribution in [2.24, 2.45) is 5.16 Å². The summed E-state index contributed by atoms with van der Waals surface area (Å²) in [5, 5.41) is 11.1. The molecule has 0 saturated heterocycles. The van der Waals surface area contributed by atoms with Crippen LogP contribution < -0.4 is 0 Å². The van der Waals surface area contributed by atoms with Crippen LogP contribution in [0.3, 0.4) is 0 Å². The van der Waals surface area contributed by atoms with Gasteiger partial charge in [-0.2, -0.15) is 4.94 Å². The van der Waals surface area contributed by atoms with Gasteiger partial charge in [0.05, 0.1) is 5.16 Å². The third-order valence-corrected chi connectivity index (χ3v) is 0.219. The van der Waals surface area contributed by atoms with Crippen molar-refractivity contribution in [3.8, 4) is 0 Å². The van der Waals surface area contributed by atoms with Gasteiger partial charge in [-0.15, -0.1) is 0 Å². The van der Waals surface area contributed by atoms with Crippen LogP contribution in [0, 0.1) is 10.1 Å². The molecule has 0 bridgehead atoms. The van der Waals surface area contributed by atoms with Crippen LogP contribution in [0.15, 0.2) is 5.16 Å². The van der Waals surface area contributed by atoms with Crippen LogP contribution in [-0.2, 0) is 4.94 Å². The molecule has 0 atom stereocenters. The fraction of sp³-hybridized carbons (Fsp3) is 0.500. The summed E-state index contributed by atoms with van der Waals surface area (Å²) in [5.74, 6) is 0. The zero-order valence-corrected chi connectivity index (χ0v) is 3.70. The molecule has 0 rings (SSSR count). The van der Waals surface area contributed by atoms with Crippen LogP contribution in [0.2, 0.25) is 0 Å². The lowest BCUT2D eigenvalue weighted by Crippen LogP contribution is -1.91. The monoisotopic (exact) mass is 104 g/mol. The fourth-order valence-electron chi connectivity index (χ4n) is 0.0856. The lowest BCUT2D eigenvalue weighted by Gasteiger charge is -1.80. The third-order valence-electron chi connectivity index (χ3n) is 0.219. The van der Waals surface area contributed by atoms with E-state index in [-0.39, 0.29) is 0 Å². The Morgan fingerprint density at radius 1 is 2.00 bits per heavy atom. The third kappa shape index (κ3) is 4.87. The van der Waals surface area contributed by atoms with Gasteiger partial charge in [0.1, 0.15) is 6.21 Å². The predicted molar refractivity (Wildman–Crippen MR) is 22.2 cm³/mol. The number of oxime groups is 1. The molecule has 0 aliphatic rings. The highest BCUT2D eigenvalue weighted by Crippen LogP contribution is 1.70. The standard InChI is InChI=1S/C2H4N2O3/c1-2-3-7-4(5)6/h2H,1H3. The lowest BCUT2D eigenvalue weighted by atomic mass is 10.9. The highest BCUT2D eigenvalue weighted by Gasteiger charge is 1.79. The van der Waals surface area contributed by atoms with Gasteiger partial charge in [0.25, 0.3) is 0 Å². The topological polar surface area (TPSA) is 64.7 Å². The maximum absolute atomic E-state index is 9.23. The van der Waals surface area contributed by atoms with E-state index in [0.717, 1.165) is 0 Å². The van der Waals surface area contributed by atoms with E-state index in [0.29, 0.717) is 0 Å². The molecule has 0 aromatic rings. The summed E-state index contributed by atoms with van der Waals surface area (Å²) < 4.78 is 0. The van der Waals surface area contributed by atoms with Crippen molar-refractivity contribution in [3.63, 3.8) is 0 Å². The van der Waals surface area contributed by atoms with Crippen molar-refractivity contribution in [1.82, 2.24) is 0 Å². The minimum atomic E-state index is -0.986. The van der Waals surface area contributed by atoms with Crippen LogP contribution >= 0.6 is 0 Å². The molecule has 0 saturated carbocycles. The van der Waals surface area contributed by atoms with E-state index >= 15 is 0 Å². The summed E-state index contributed by atoms with van der Waals surface area (Å²) in [5.41, 5.74) is 0. The fourth-order valence-corrected chi connectivity index (χ4v) is 0.0856. The molecule has 0 radical (unpaired) electrons. The first kappa shape index (κ1) is 5.87. The van der Waals surface area contributed by atoms with Crippen LogP contribution in [0.1, 0.15) is 6.92 Å². The molecule has 0 spiro atoms. The summed E-state index contributed by atoms with van der Waals surface area (Å²) >= 11 is 0. The molecule has 5 nitrogen and oxygen atoms in total. The Kier molecular flexibility index (Phi) is 2.58. The molecule has 0 unspecified atom stereocenters. The first-order valence-electron chi connectivity index (χ1n) is 1.57. The summed E-state index contributed by atoms with van der Waals surface area (Å²) in [7, 11) is 0. The maximum Gasteiger partial charge on any atom is 0.172 e. The van der Waals surface area contributed by atoms with Gasteiger partial charge in [-0.3, -0.25) is 0 Å². The van der Waals surface area contributed by atoms with Gasteiger partial charge in [0.15, 0.2) is 5.09 Å². The second-order valence-corrected chi connectivity index (χ2v) is 0.669. The minimum absolute atomic E-state index is 0.986. The minimum Gasteiger partial charge on any atom is -0.218 e. The van der Waals surface area contributed by atoms with Gasteiger partial charge < -0.3 is 0 Å². The molecule has 0 amide bonds. The van der Waals surface area contributed by atoms with Crippen LogP contribution in [0.5, 0.6) is 0 Å². The average molecular weight is 104 g/mol. The van der Waals surface area contributed by atoms with Crippen molar-refractivity contribution in [2.75, 3.05) is 0 Å². The van der Waals surface area contributed by atoms with Crippen LogP contribution in [0.4, 0.5) is 0 Å². The molecule has 0 heterocycles. The van der Waals surface area contributed by atoms with Crippen molar-refractivity contribution in [1.29, 1.82) is 0 Å². The Labute approximate surface area is 39.7 Å². The van der Waals surface area contributed by atoms with E-state index in [1.165, 1.54) is 13.1 Å². The molecular weight excluding hydrogens is 100 g/mol. The van der Waals surface area contributed by atoms with Crippen molar-refractivity contribution >= 4 is 6.21 Å². The Morgan fingerprint density at radius 3 is 2.71 bits per heavy atom. The first-order valence-corrected chi connectivity index (χ1v) is 1.57. The van der Waals surface area contributed by atoms with Crippen LogP contribution in [0.25, 0.3) is 0 Å². The highest BCUT2D eigenvalue weighted by atomic mass is 17.0. The van der Waals surface area contributed by atoms with E-state index in [4.69, 9.17) is 0 Å². The van der Waals surface area contributed by atoms with Crippen molar-refractivity contribution in [3.05, 3.63) is 10.1 Å². The normalized spacial score (nSPS) is 9.29. The molecule has 0 fully saturated rings. The van der Waals surface area contributed by atoms with Gasteiger partial charge in [0.2, 0.25) is 0 Å². The Bertz CT molecular complexity index is 88.9. The van der Waals surface area contributed by atoms with Gasteiger partial charge in [-0.1, -0.05) is 0 Å². The summed E-state index contributed by atoms with van der Waals surface area (Å²) in [4.78, 5) is 12.7. The number of nitrogens with zero attached hydrogens (tertiary/aromatic N) is 2. The van der Waals surface area contributed by atoms with Crippen molar-refractivity contribution < 1.29 is 10.0 Å². The molecule has 40 valence electrons.